The molecule has 0 heterocycles. The summed E-state index contributed by atoms with van der Waals surface area (Å²) < 4.78 is 13.1. The predicted octanol–water partition coefficient (Wildman–Crippen LogP) is 4.63. The molecule has 0 aliphatic heterocycles. The number of rotatable bonds is 5. The van der Waals surface area contributed by atoms with Crippen LogP contribution in [0.3, 0.4) is 0 Å². The van der Waals surface area contributed by atoms with Crippen LogP contribution in [0.25, 0.3) is 0 Å². The van der Waals surface area contributed by atoms with E-state index in [1.807, 2.05) is 12.1 Å². The number of benzene rings is 1. The molecule has 0 radical (unpaired) electrons. The van der Waals surface area contributed by atoms with Crippen LogP contribution in [0, 0.1) is 6.92 Å². The molecule has 0 saturated carbocycles. The summed E-state index contributed by atoms with van der Waals surface area (Å²) in [5.74, 6) is 0. The summed E-state index contributed by atoms with van der Waals surface area (Å²) >= 11 is 6.23. The molecule has 0 aliphatic carbocycles. The van der Waals surface area contributed by atoms with Gasteiger partial charge in [0.15, 0.2) is 16.6 Å². The second kappa shape index (κ2) is 6.06. The molecule has 0 aliphatic rings. The van der Waals surface area contributed by atoms with Crippen LogP contribution >= 0.6 is 11.6 Å². The highest BCUT2D eigenvalue weighted by Gasteiger charge is 2.42. The van der Waals surface area contributed by atoms with Crippen molar-refractivity contribution < 1.29 is 8.23 Å². The molecule has 20 heavy (non-hydrogen) atoms. The van der Waals surface area contributed by atoms with Crippen molar-refractivity contribution in [2.75, 3.05) is 0 Å². The molecule has 0 fully saturated rings. The minimum Gasteiger partial charge on any atom is -0.433 e. The fourth-order valence-electron chi connectivity index (χ4n) is 2.31. The lowest BCUT2D eigenvalue weighted by Crippen LogP contribution is -2.60. The van der Waals surface area contributed by atoms with Crippen LogP contribution < -0.4 is 5.19 Å². The van der Waals surface area contributed by atoms with E-state index in [1.165, 1.54) is 0 Å². The van der Waals surface area contributed by atoms with Crippen LogP contribution in [-0.2, 0) is 8.23 Å². The zero-order valence-electron chi connectivity index (χ0n) is 13.9. The van der Waals surface area contributed by atoms with Crippen LogP contribution in [0.5, 0.6) is 0 Å². The Balaban J connectivity index is 3.28. The molecule has 0 N–H and O–H groups in total. The van der Waals surface area contributed by atoms with Crippen molar-refractivity contribution in [1.29, 1.82) is 0 Å². The highest BCUT2D eigenvalue weighted by Crippen LogP contribution is 2.22. The van der Waals surface area contributed by atoms with Gasteiger partial charge in [0.05, 0.1) is 0 Å². The predicted molar refractivity (Wildman–Crippen MR) is 96.3 cm³/mol. The van der Waals surface area contributed by atoms with Crippen molar-refractivity contribution in [1.82, 2.24) is 0 Å². The molecule has 1 aromatic carbocycles. The molecule has 0 spiro atoms. The van der Waals surface area contributed by atoms with Gasteiger partial charge in [-0.25, -0.2) is 0 Å². The molecule has 2 nitrogen and oxygen atoms in total. The highest BCUT2D eigenvalue weighted by atomic mass is 35.5. The standard InChI is InChI=1S/C14H27ClO2Si3/c1-12-9-13(15)11-14(10-12)20(8,16-18(2,3)4)17-19(5,6)7/h9-11H,1-8H3. The summed E-state index contributed by atoms with van der Waals surface area (Å²) in [6, 6.07) is 6.16. The van der Waals surface area contributed by atoms with Crippen molar-refractivity contribution in [3.05, 3.63) is 28.8 Å². The maximum Gasteiger partial charge on any atom is 0.348 e. The van der Waals surface area contributed by atoms with Gasteiger partial charge in [0.25, 0.3) is 0 Å². The van der Waals surface area contributed by atoms with E-state index in [1.54, 1.807) is 0 Å². The first-order valence-electron chi connectivity index (χ1n) is 6.99. The summed E-state index contributed by atoms with van der Waals surface area (Å²) in [6.07, 6.45) is 0. The second-order valence-electron chi connectivity index (χ2n) is 7.39. The van der Waals surface area contributed by atoms with Crippen LogP contribution in [0.1, 0.15) is 5.56 Å². The number of aryl methyl sites for hydroxylation is 1. The first-order chi connectivity index (χ1) is 8.81. The van der Waals surface area contributed by atoms with E-state index in [-0.39, 0.29) is 0 Å². The van der Waals surface area contributed by atoms with Crippen LogP contribution in [0.15, 0.2) is 18.2 Å². The lowest BCUT2D eigenvalue weighted by atomic mass is 10.2. The van der Waals surface area contributed by atoms with Crippen LogP contribution in [-0.4, -0.2) is 25.2 Å². The maximum absolute atomic E-state index is 6.53. The van der Waals surface area contributed by atoms with Gasteiger partial charge in [0, 0.05) is 5.02 Å². The highest BCUT2D eigenvalue weighted by molar-refractivity contribution is 6.94. The summed E-state index contributed by atoms with van der Waals surface area (Å²) in [5, 5.41) is 1.91. The maximum atomic E-state index is 6.53. The van der Waals surface area contributed by atoms with Gasteiger partial charge in [0.1, 0.15) is 0 Å². The van der Waals surface area contributed by atoms with Gasteiger partial charge in [-0.05, 0) is 75.6 Å². The monoisotopic (exact) mass is 346 g/mol. The van der Waals surface area contributed by atoms with Gasteiger partial charge in [-0.3, -0.25) is 0 Å². The topological polar surface area (TPSA) is 18.5 Å². The molecular formula is C14H27ClO2Si3. The van der Waals surface area contributed by atoms with Crippen molar-refractivity contribution in [3.63, 3.8) is 0 Å². The van der Waals surface area contributed by atoms with Gasteiger partial charge >= 0.3 is 8.56 Å². The van der Waals surface area contributed by atoms with Crippen molar-refractivity contribution in [2.24, 2.45) is 0 Å². The van der Waals surface area contributed by atoms with E-state index in [9.17, 15) is 0 Å². The average molecular weight is 347 g/mol. The smallest absolute Gasteiger partial charge is 0.348 e. The Morgan fingerprint density at radius 3 is 1.60 bits per heavy atom. The molecule has 1 aromatic rings. The zero-order chi connectivity index (χ0) is 15.8. The molecule has 0 atom stereocenters. The molecule has 0 unspecified atom stereocenters. The van der Waals surface area contributed by atoms with E-state index in [2.05, 4.69) is 58.8 Å². The lowest BCUT2D eigenvalue weighted by Gasteiger charge is -2.38. The Labute approximate surface area is 132 Å². The Bertz CT molecular complexity index is 442. The van der Waals surface area contributed by atoms with Gasteiger partial charge < -0.3 is 8.23 Å². The van der Waals surface area contributed by atoms with Gasteiger partial charge in [-0.1, -0.05) is 17.7 Å². The molecule has 0 aromatic heterocycles. The second-order valence-corrected chi connectivity index (χ2v) is 20.4. The SMILES string of the molecule is Cc1cc(Cl)cc([Si](C)(O[Si](C)(C)C)O[Si](C)(C)C)c1. The minimum atomic E-state index is -2.42. The number of hydrogen-bond acceptors (Lipinski definition) is 2. The van der Waals surface area contributed by atoms with Gasteiger partial charge in [0.2, 0.25) is 0 Å². The van der Waals surface area contributed by atoms with E-state index < -0.39 is 25.2 Å². The summed E-state index contributed by atoms with van der Waals surface area (Å²) in [7, 11) is -5.81. The normalized spacial score (nSPS) is 13.7. The van der Waals surface area contributed by atoms with Crippen LogP contribution in [0.2, 0.25) is 50.9 Å². The number of hydrogen-bond donors (Lipinski definition) is 0. The van der Waals surface area contributed by atoms with Crippen LogP contribution in [0.4, 0.5) is 0 Å². The third-order valence-electron chi connectivity index (χ3n) is 2.57. The van der Waals surface area contributed by atoms with Crippen molar-refractivity contribution in [3.8, 4) is 0 Å². The van der Waals surface area contributed by atoms with E-state index in [4.69, 9.17) is 19.8 Å². The molecule has 0 amide bonds. The van der Waals surface area contributed by atoms with Gasteiger partial charge in [-0.15, -0.1) is 0 Å². The van der Waals surface area contributed by atoms with Gasteiger partial charge in [-0.2, -0.15) is 0 Å². The summed E-state index contributed by atoms with van der Waals surface area (Å²) in [5.41, 5.74) is 1.16. The minimum absolute atomic E-state index is 0.761. The fourth-order valence-corrected chi connectivity index (χ4v) is 14.4. The largest absolute Gasteiger partial charge is 0.433 e. The Morgan fingerprint density at radius 2 is 1.25 bits per heavy atom. The Kier molecular flexibility index (Phi) is 5.49. The third kappa shape index (κ3) is 5.83. The first kappa shape index (κ1) is 18.1. The summed E-state index contributed by atoms with van der Waals surface area (Å²) in [6.45, 7) is 17.5. The molecule has 114 valence electrons. The molecule has 0 bridgehead atoms. The number of halogens is 1. The molecule has 0 saturated heterocycles. The lowest BCUT2D eigenvalue weighted by molar-refractivity contribution is 0.404. The zero-order valence-corrected chi connectivity index (χ0v) is 17.7. The van der Waals surface area contributed by atoms with E-state index in [0.717, 1.165) is 15.8 Å². The third-order valence-corrected chi connectivity index (χ3v) is 12.1. The Hall–Kier alpha value is 0.0806. The molecular weight excluding hydrogens is 320 g/mol. The average Bonchev–Trinajstić information content (AvgIpc) is 2.08. The fraction of sp³-hybridized carbons (Fsp3) is 0.571. The summed E-state index contributed by atoms with van der Waals surface area (Å²) in [4.78, 5) is 0. The Morgan fingerprint density at radius 1 is 0.800 bits per heavy atom. The first-order valence-corrected chi connectivity index (χ1v) is 16.5. The quantitative estimate of drug-likeness (QED) is 0.723. The van der Waals surface area contributed by atoms with Crippen molar-refractivity contribution in [2.45, 2.75) is 52.8 Å². The van der Waals surface area contributed by atoms with Crippen molar-refractivity contribution >= 4 is 42.0 Å². The molecule has 1 rings (SSSR count). The molecule has 6 heteroatoms. The van der Waals surface area contributed by atoms with E-state index in [0.29, 0.717) is 0 Å². The van der Waals surface area contributed by atoms with E-state index >= 15 is 0 Å².